The maximum absolute atomic E-state index is 12.4. The van der Waals surface area contributed by atoms with Gasteiger partial charge in [-0.05, 0) is 47.5 Å². The van der Waals surface area contributed by atoms with Crippen LogP contribution in [0.15, 0.2) is 34.9 Å². The van der Waals surface area contributed by atoms with E-state index in [0.717, 1.165) is 11.3 Å². The number of carbonyl (C=O) groups is 1. The van der Waals surface area contributed by atoms with Crippen LogP contribution in [0, 0.1) is 6.92 Å². The van der Waals surface area contributed by atoms with Crippen LogP contribution < -0.4 is 5.32 Å². The highest BCUT2D eigenvalue weighted by atomic mass is 79.9. The second kappa shape index (κ2) is 7.82. The number of nitrogens with zero attached hydrogens (tertiary/aromatic N) is 4. The number of benzene rings is 1. The van der Waals surface area contributed by atoms with Crippen LogP contribution >= 0.6 is 39.1 Å². The van der Waals surface area contributed by atoms with Crippen LogP contribution in [-0.2, 0) is 13.1 Å². The Labute approximate surface area is 169 Å². The molecule has 0 bridgehead atoms. The van der Waals surface area contributed by atoms with E-state index in [1.807, 2.05) is 19.9 Å². The summed E-state index contributed by atoms with van der Waals surface area (Å²) in [6.45, 7) is 5.08. The molecule has 0 atom stereocenters. The molecule has 0 aliphatic carbocycles. The van der Waals surface area contributed by atoms with Crippen molar-refractivity contribution >= 4 is 50.9 Å². The molecule has 6 nitrogen and oxygen atoms in total. The van der Waals surface area contributed by atoms with Crippen LogP contribution in [0.4, 0.5) is 5.82 Å². The largest absolute Gasteiger partial charge is 0.304 e. The third kappa shape index (κ3) is 4.11. The first-order valence-electron chi connectivity index (χ1n) is 7.90. The molecule has 26 heavy (non-hydrogen) atoms. The number of amides is 1. The summed E-state index contributed by atoms with van der Waals surface area (Å²) in [5.74, 6) is 0.147. The molecule has 136 valence electrons. The third-order valence-corrected chi connectivity index (χ3v) is 5.11. The number of rotatable bonds is 5. The highest BCUT2D eigenvalue weighted by Crippen LogP contribution is 2.23. The molecular formula is C17H16BrCl2N5O. The predicted molar refractivity (Wildman–Crippen MR) is 106 cm³/mol. The Morgan fingerprint density at radius 1 is 1.23 bits per heavy atom. The zero-order valence-electron chi connectivity index (χ0n) is 14.1. The van der Waals surface area contributed by atoms with Gasteiger partial charge in [-0.15, -0.1) is 0 Å². The lowest BCUT2D eigenvalue weighted by molar-refractivity contribution is 0.102. The number of aromatic nitrogens is 4. The third-order valence-electron chi connectivity index (χ3n) is 3.80. The molecular weight excluding hydrogens is 441 g/mol. The lowest BCUT2D eigenvalue weighted by Gasteiger charge is -2.06. The number of hydrogen-bond acceptors (Lipinski definition) is 3. The van der Waals surface area contributed by atoms with Crippen molar-refractivity contribution in [2.45, 2.75) is 26.9 Å². The van der Waals surface area contributed by atoms with Crippen molar-refractivity contribution in [2.24, 2.45) is 0 Å². The van der Waals surface area contributed by atoms with Crippen LogP contribution in [-0.4, -0.2) is 25.5 Å². The SMILES string of the molecule is CCn1cc(Br)c(C(=O)Nc2cc(C)n(Cc3ccc(Cl)c(Cl)c3)n2)n1. The molecule has 3 rings (SSSR count). The summed E-state index contributed by atoms with van der Waals surface area (Å²) >= 11 is 15.4. The van der Waals surface area contributed by atoms with E-state index in [0.29, 0.717) is 39.1 Å². The molecule has 0 fully saturated rings. The minimum absolute atomic E-state index is 0.316. The van der Waals surface area contributed by atoms with E-state index >= 15 is 0 Å². The van der Waals surface area contributed by atoms with Crippen molar-refractivity contribution in [1.29, 1.82) is 0 Å². The van der Waals surface area contributed by atoms with Gasteiger partial charge in [0.2, 0.25) is 0 Å². The number of hydrogen-bond donors (Lipinski definition) is 1. The zero-order chi connectivity index (χ0) is 18.8. The van der Waals surface area contributed by atoms with Crippen molar-refractivity contribution < 1.29 is 4.79 Å². The first-order valence-corrected chi connectivity index (χ1v) is 9.45. The maximum Gasteiger partial charge on any atom is 0.278 e. The number of aryl methyl sites for hydroxylation is 2. The quantitative estimate of drug-likeness (QED) is 0.600. The minimum Gasteiger partial charge on any atom is -0.304 e. The second-order valence-corrected chi connectivity index (χ2v) is 7.38. The first kappa shape index (κ1) is 18.9. The van der Waals surface area contributed by atoms with Crippen LogP contribution in [0.3, 0.4) is 0 Å². The summed E-state index contributed by atoms with van der Waals surface area (Å²) < 4.78 is 4.12. The van der Waals surface area contributed by atoms with Crippen molar-refractivity contribution in [3.8, 4) is 0 Å². The Bertz CT molecular complexity index is 966. The maximum atomic E-state index is 12.4. The van der Waals surface area contributed by atoms with Crippen LogP contribution in [0.5, 0.6) is 0 Å². The second-order valence-electron chi connectivity index (χ2n) is 5.71. The summed E-state index contributed by atoms with van der Waals surface area (Å²) in [4.78, 5) is 12.4. The Hall–Kier alpha value is -1.83. The average Bonchev–Trinajstić information content (AvgIpc) is 3.13. The Morgan fingerprint density at radius 3 is 2.65 bits per heavy atom. The minimum atomic E-state index is -0.316. The summed E-state index contributed by atoms with van der Waals surface area (Å²) in [6.07, 6.45) is 1.77. The first-order chi connectivity index (χ1) is 12.4. The van der Waals surface area contributed by atoms with Gasteiger partial charge in [-0.1, -0.05) is 29.3 Å². The Balaban J connectivity index is 1.76. The van der Waals surface area contributed by atoms with E-state index in [2.05, 4.69) is 31.4 Å². The number of halogens is 3. The van der Waals surface area contributed by atoms with Crippen molar-refractivity contribution in [1.82, 2.24) is 19.6 Å². The van der Waals surface area contributed by atoms with E-state index < -0.39 is 0 Å². The van der Waals surface area contributed by atoms with Gasteiger partial charge in [-0.2, -0.15) is 10.2 Å². The molecule has 0 spiro atoms. The van der Waals surface area contributed by atoms with Gasteiger partial charge in [0.05, 0.1) is 21.1 Å². The normalized spacial score (nSPS) is 11.0. The highest BCUT2D eigenvalue weighted by Gasteiger charge is 2.17. The molecule has 9 heteroatoms. The standard InChI is InChI=1S/C17H16BrCl2N5O/c1-3-24-9-12(18)16(23-24)17(26)21-15-6-10(2)25(22-15)8-11-4-5-13(19)14(20)7-11/h4-7,9H,3,8H2,1-2H3,(H,21,22,26). The van der Waals surface area contributed by atoms with Gasteiger partial charge in [-0.25, -0.2) is 0 Å². The molecule has 0 aliphatic rings. The summed E-state index contributed by atoms with van der Waals surface area (Å²) in [7, 11) is 0. The van der Waals surface area contributed by atoms with E-state index in [1.165, 1.54) is 0 Å². The summed E-state index contributed by atoms with van der Waals surface area (Å²) in [6, 6.07) is 7.25. The molecule has 2 aromatic heterocycles. The van der Waals surface area contributed by atoms with Gasteiger partial charge in [0.15, 0.2) is 11.5 Å². The van der Waals surface area contributed by atoms with E-state index in [4.69, 9.17) is 23.2 Å². The number of nitrogens with one attached hydrogen (secondary N) is 1. The molecule has 0 unspecified atom stereocenters. The van der Waals surface area contributed by atoms with Crippen LogP contribution in [0.25, 0.3) is 0 Å². The Morgan fingerprint density at radius 2 is 2.00 bits per heavy atom. The molecule has 0 radical (unpaired) electrons. The van der Waals surface area contributed by atoms with Gasteiger partial charge in [0.25, 0.3) is 5.91 Å². The number of carbonyl (C=O) groups excluding carboxylic acids is 1. The fourth-order valence-electron chi connectivity index (χ4n) is 2.43. The molecule has 0 saturated heterocycles. The lowest BCUT2D eigenvalue weighted by Crippen LogP contribution is -2.14. The van der Waals surface area contributed by atoms with E-state index in [9.17, 15) is 4.79 Å². The molecule has 1 aromatic carbocycles. The van der Waals surface area contributed by atoms with Crippen molar-refractivity contribution in [3.05, 3.63) is 61.9 Å². The zero-order valence-corrected chi connectivity index (χ0v) is 17.2. The van der Waals surface area contributed by atoms with Crippen LogP contribution in [0.1, 0.15) is 28.7 Å². The molecule has 3 aromatic rings. The van der Waals surface area contributed by atoms with E-state index in [1.54, 1.807) is 33.8 Å². The predicted octanol–water partition coefficient (Wildman–Crippen LogP) is 4.78. The topological polar surface area (TPSA) is 64.7 Å². The summed E-state index contributed by atoms with van der Waals surface area (Å²) in [5.41, 5.74) is 2.20. The molecule has 0 aliphatic heterocycles. The van der Waals surface area contributed by atoms with Gasteiger partial charge in [-0.3, -0.25) is 14.2 Å². The lowest BCUT2D eigenvalue weighted by atomic mass is 10.2. The smallest absolute Gasteiger partial charge is 0.278 e. The van der Waals surface area contributed by atoms with Crippen LogP contribution in [0.2, 0.25) is 10.0 Å². The molecule has 1 N–H and O–H groups in total. The van der Waals surface area contributed by atoms with Crippen molar-refractivity contribution in [3.63, 3.8) is 0 Å². The fraction of sp³-hybridized carbons (Fsp3) is 0.235. The van der Waals surface area contributed by atoms with Gasteiger partial charge in [0.1, 0.15) is 0 Å². The average molecular weight is 457 g/mol. The summed E-state index contributed by atoms with van der Waals surface area (Å²) in [5, 5.41) is 12.5. The number of anilines is 1. The molecule has 0 saturated carbocycles. The molecule has 2 heterocycles. The Kier molecular flexibility index (Phi) is 5.70. The highest BCUT2D eigenvalue weighted by molar-refractivity contribution is 9.10. The molecule has 1 amide bonds. The monoisotopic (exact) mass is 455 g/mol. The van der Waals surface area contributed by atoms with Gasteiger partial charge < -0.3 is 5.32 Å². The van der Waals surface area contributed by atoms with E-state index in [-0.39, 0.29) is 5.91 Å². The van der Waals surface area contributed by atoms with Crippen molar-refractivity contribution in [2.75, 3.05) is 5.32 Å². The fourth-order valence-corrected chi connectivity index (χ4v) is 3.25. The van der Waals surface area contributed by atoms with Gasteiger partial charge in [0, 0.05) is 24.5 Å². The van der Waals surface area contributed by atoms with Gasteiger partial charge >= 0.3 is 0 Å².